The fourth-order valence-electron chi connectivity index (χ4n) is 3.39. The number of benzene rings is 1. The van der Waals surface area contributed by atoms with Crippen molar-refractivity contribution in [1.82, 2.24) is 9.80 Å². The van der Waals surface area contributed by atoms with Crippen LogP contribution >= 0.6 is 11.6 Å². The minimum atomic E-state index is -1.12. The van der Waals surface area contributed by atoms with Crippen molar-refractivity contribution in [2.45, 2.75) is 12.5 Å². The molecule has 7 heteroatoms. The first-order valence-electron chi connectivity index (χ1n) is 8.73. The zero-order chi connectivity index (χ0) is 19.6. The number of halogens is 1. The molecule has 0 bridgehead atoms. The van der Waals surface area contributed by atoms with Crippen molar-refractivity contribution in [2.75, 3.05) is 27.2 Å². The number of nitrogens with zero attached hydrogens (tertiary/aromatic N) is 2. The van der Waals surface area contributed by atoms with Gasteiger partial charge in [0.25, 0.3) is 5.91 Å². The molecule has 27 heavy (non-hydrogen) atoms. The van der Waals surface area contributed by atoms with Gasteiger partial charge in [0.2, 0.25) is 11.6 Å². The van der Waals surface area contributed by atoms with Crippen LogP contribution in [0.2, 0.25) is 5.02 Å². The summed E-state index contributed by atoms with van der Waals surface area (Å²) >= 11 is 5.98. The summed E-state index contributed by atoms with van der Waals surface area (Å²) < 4.78 is 5.18. The summed E-state index contributed by atoms with van der Waals surface area (Å²) in [6.45, 7) is 1.15. The zero-order valence-corrected chi connectivity index (χ0v) is 16.0. The van der Waals surface area contributed by atoms with Crippen LogP contribution in [0, 0.1) is 5.92 Å². The number of Topliss-reactive ketones (excluding diaryl/α,β-unsaturated/α-hetero) is 2. The summed E-state index contributed by atoms with van der Waals surface area (Å²) in [7, 11) is 3.88. The lowest BCUT2D eigenvalue weighted by atomic mass is 9.88. The molecule has 1 saturated heterocycles. The Bertz CT molecular complexity index is 830. The Morgan fingerprint density at radius 3 is 2.48 bits per heavy atom. The van der Waals surface area contributed by atoms with Crippen molar-refractivity contribution in [3.63, 3.8) is 0 Å². The number of furan rings is 1. The topological polar surface area (TPSA) is 70.8 Å². The zero-order valence-electron chi connectivity index (χ0n) is 15.2. The first-order chi connectivity index (χ1) is 12.9. The predicted molar refractivity (Wildman–Crippen MR) is 101 cm³/mol. The predicted octanol–water partition coefficient (Wildman–Crippen LogP) is 2.84. The minimum absolute atomic E-state index is 0.0789. The Labute approximate surface area is 162 Å². The summed E-state index contributed by atoms with van der Waals surface area (Å²) in [5, 5.41) is 0.544. The van der Waals surface area contributed by atoms with E-state index in [1.54, 1.807) is 30.3 Å². The number of carbonyl (C=O) groups excluding carboxylic acids is 3. The van der Waals surface area contributed by atoms with Crippen molar-refractivity contribution >= 4 is 29.1 Å². The summed E-state index contributed by atoms with van der Waals surface area (Å²) in [4.78, 5) is 41.8. The molecule has 6 nitrogen and oxygen atoms in total. The van der Waals surface area contributed by atoms with Crippen molar-refractivity contribution in [2.24, 2.45) is 5.92 Å². The van der Waals surface area contributed by atoms with Crippen LogP contribution in [-0.2, 0) is 9.59 Å². The number of likely N-dealkylation sites (tertiary alicyclic amines) is 1. The third kappa shape index (κ3) is 3.96. The van der Waals surface area contributed by atoms with Gasteiger partial charge in [-0.25, -0.2) is 0 Å². The fraction of sp³-hybridized carbons (Fsp3) is 0.350. The molecule has 0 aliphatic carbocycles. The largest absolute Gasteiger partial charge is 0.461 e. The standard InChI is InChI=1S/C20H21ClN2O4/c1-22(2)10-4-11-23-17(13-6-8-14(21)9-7-13)16(19(25)20(23)26)18(24)15-5-3-12-27-15/h3,5-9,12,16-17H,4,10-11H2,1-2H3. The second kappa shape index (κ2) is 8.06. The first-order valence-corrected chi connectivity index (χ1v) is 9.10. The van der Waals surface area contributed by atoms with Crippen molar-refractivity contribution < 1.29 is 18.8 Å². The second-order valence-electron chi connectivity index (χ2n) is 6.84. The Kier molecular flexibility index (Phi) is 5.77. The van der Waals surface area contributed by atoms with Gasteiger partial charge in [0, 0.05) is 11.6 Å². The second-order valence-corrected chi connectivity index (χ2v) is 7.27. The highest BCUT2D eigenvalue weighted by Crippen LogP contribution is 2.38. The van der Waals surface area contributed by atoms with E-state index in [2.05, 4.69) is 0 Å². The molecule has 0 saturated carbocycles. The van der Waals surface area contributed by atoms with Crippen molar-refractivity contribution in [1.29, 1.82) is 0 Å². The molecule has 0 N–H and O–H groups in total. The molecule has 2 heterocycles. The third-order valence-corrected chi connectivity index (χ3v) is 4.92. The van der Waals surface area contributed by atoms with Crippen molar-refractivity contribution in [3.8, 4) is 0 Å². The summed E-state index contributed by atoms with van der Waals surface area (Å²) in [6, 6.07) is 9.31. The molecule has 0 spiro atoms. The highest BCUT2D eigenvalue weighted by molar-refractivity contribution is 6.43. The maximum atomic E-state index is 12.9. The molecule has 2 unspecified atom stereocenters. The van der Waals surface area contributed by atoms with Gasteiger partial charge in [0.15, 0.2) is 5.76 Å². The normalized spacial score (nSPS) is 19.9. The lowest BCUT2D eigenvalue weighted by Crippen LogP contribution is -2.33. The summed E-state index contributed by atoms with van der Waals surface area (Å²) in [5.74, 6) is -2.84. The van der Waals surface area contributed by atoms with Gasteiger partial charge < -0.3 is 14.2 Å². The monoisotopic (exact) mass is 388 g/mol. The smallest absolute Gasteiger partial charge is 0.291 e. The van der Waals surface area contributed by atoms with E-state index in [0.717, 1.165) is 6.54 Å². The van der Waals surface area contributed by atoms with Gasteiger partial charge in [0.05, 0.1) is 12.3 Å². The number of ketones is 2. The third-order valence-electron chi connectivity index (χ3n) is 4.67. The summed E-state index contributed by atoms with van der Waals surface area (Å²) in [5.41, 5.74) is 0.702. The van der Waals surface area contributed by atoms with E-state index in [1.807, 2.05) is 19.0 Å². The van der Waals surface area contributed by atoms with Crippen LogP contribution in [0.3, 0.4) is 0 Å². The molecule has 1 aromatic carbocycles. The van der Waals surface area contributed by atoms with E-state index in [1.165, 1.54) is 17.2 Å². The Balaban J connectivity index is 1.96. The molecular formula is C20H21ClN2O4. The molecule has 1 aromatic heterocycles. The average Bonchev–Trinajstić information content (AvgIpc) is 3.25. The van der Waals surface area contributed by atoms with E-state index in [-0.39, 0.29) is 5.76 Å². The molecule has 2 atom stereocenters. The lowest BCUT2D eigenvalue weighted by Gasteiger charge is -2.27. The van der Waals surface area contributed by atoms with E-state index in [4.69, 9.17) is 16.0 Å². The maximum Gasteiger partial charge on any atom is 0.291 e. The highest BCUT2D eigenvalue weighted by Gasteiger charge is 2.51. The van der Waals surface area contributed by atoms with Crippen LogP contribution in [0.4, 0.5) is 0 Å². The van der Waals surface area contributed by atoms with Gasteiger partial charge in [-0.2, -0.15) is 0 Å². The molecule has 1 amide bonds. The van der Waals surface area contributed by atoms with Gasteiger partial charge in [-0.3, -0.25) is 14.4 Å². The fourth-order valence-corrected chi connectivity index (χ4v) is 3.51. The average molecular weight is 389 g/mol. The SMILES string of the molecule is CN(C)CCCN1C(=O)C(=O)C(C(=O)c2ccco2)C1c1ccc(Cl)cc1. The van der Waals surface area contributed by atoms with Gasteiger partial charge >= 0.3 is 0 Å². The number of hydrogen-bond donors (Lipinski definition) is 0. The number of carbonyl (C=O) groups is 3. The van der Waals surface area contributed by atoms with Gasteiger partial charge in [0.1, 0.15) is 5.92 Å². The van der Waals surface area contributed by atoms with Crippen LogP contribution < -0.4 is 0 Å². The molecule has 1 aliphatic rings. The first kappa shape index (κ1) is 19.3. The van der Waals surface area contributed by atoms with Gasteiger partial charge in [-0.1, -0.05) is 23.7 Å². The van der Waals surface area contributed by atoms with Crippen molar-refractivity contribution in [3.05, 3.63) is 59.0 Å². The Morgan fingerprint density at radius 2 is 1.89 bits per heavy atom. The van der Waals surface area contributed by atoms with Crippen LogP contribution in [0.5, 0.6) is 0 Å². The number of amides is 1. The quantitative estimate of drug-likeness (QED) is 0.414. The molecule has 1 aliphatic heterocycles. The van der Waals surface area contributed by atoms with Gasteiger partial charge in [-0.05, 0) is 56.9 Å². The summed E-state index contributed by atoms with van der Waals surface area (Å²) in [6.07, 6.45) is 2.07. The van der Waals surface area contributed by atoms with E-state index in [9.17, 15) is 14.4 Å². The molecule has 1 fully saturated rings. The van der Waals surface area contributed by atoms with Crippen LogP contribution in [0.25, 0.3) is 0 Å². The lowest BCUT2D eigenvalue weighted by molar-refractivity contribution is -0.140. The Morgan fingerprint density at radius 1 is 1.19 bits per heavy atom. The van der Waals surface area contributed by atoms with Gasteiger partial charge in [-0.15, -0.1) is 0 Å². The van der Waals surface area contributed by atoms with Crippen LogP contribution in [-0.4, -0.2) is 54.5 Å². The number of rotatable bonds is 7. The molecule has 0 radical (unpaired) electrons. The molecule has 2 aromatic rings. The van der Waals surface area contributed by atoms with E-state index < -0.39 is 29.4 Å². The van der Waals surface area contributed by atoms with E-state index >= 15 is 0 Å². The van der Waals surface area contributed by atoms with E-state index in [0.29, 0.717) is 23.6 Å². The molecule has 3 rings (SSSR count). The molecule has 142 valence electrons. The minimum Gasteiger partial charge on any atom is -0.461 e. The maximum absolute atomic E-state index is 12.9. The number of hydrogen-bond acceptors (Lipinski definition) is 5. The highest BCUT2D eigenvalue weighted by atomic mass is 35.5. The Hall–Kier alpha value is -2.44. The molecular weight excluding hydrogens is 368 g/mol. The van der Waals surface area contributed by atoms with Crippen LogP contribution in [0.1, 0.15) is 28.6 Å². The van der Waals surface area contributed by atoms with Crippen LogP contribution in [0.15, 0.2) is 47.1 Å².